The highest BCUT2D eigenvalue weighted by Crippen LogP contribution is 2.55. The van der Waals surface area contributed by atoms with Gasteiger partial charge in [0.25, 0.3) is 0 Å². The molecule has 0 aromatic heterocycles. The monoisotopic (exact) mass is 502 g/mol. The lowest BCUT2D eigenvalue weighted by molar-refractivity contribution is -0.110. The van der Waals surface area contributed by atoms with Gasteiger partial charge in [-0.1, -0.05) is 90.5 Å². The molecule has 5 nitrogen and oxygen atoms in total. The highest BCUT2D eigenvalue weighted by atomic mass is 32.2. The topological polar surface area (TPSA) is 48.3 Å². The van der Waals surface area contributed by atoms with Gasteiger partial charge in [-0.25, -0.2) is 10.0 Å². The average Bonchev–Trinajstić information content (AvgIpc) is 3.31. The van der Waals surface area contributed by atoms with Crippen molar-refractivity contribution in [2.75, 3.05) is 10.0 Å². The summed E-state index contributed by atoms with van der Waals surface area (Å²) in [6.07, 6.45) is 0. The van der Waals surface area contributed by atoms with Crippen LogP contribution in [0, 0.1) is 13.8 Å². The lowest BCUT2D eigenvalue weighted by Crippen LogP contribution is -2.54. The first-order valence-electron chi connectivity index (χ1n) is 12.2. The number of benzene rings is 4. The van der Waals surface area contributed by atoms with E-state index in [0.717, 1.165) is 39.3 Å². The van der Waals surface area contributed by atoms with E-state index >= 15 is 0 Å². The van der Waals surface area contributed by atoms with Crippen molar-refractivity contribution in [3.63, 3.8) is 0 Å². The number of rotatable bonds is 4. The van der Waals surface area contributed by atoms with Crippen LogP contribution in [0.25, 0.3) is 0 Å². The molecule has 0 saturated heterocycles. The van der Waals surface area contributed by atoms with Crippen LogP contribution in [0.3, 0.4) is 0 Å². The SMILES string of the molecule is CC(=O)C1=NN(c2ccccc2C)C2(S1)c1ccccc1C(c1ccc(C)cc1)=NN2c1ccccc1. The standard InChI is InChI=1S/C31H26N4OS/c1-21-17-19-24(20-18-21)29-26-14-8-9-15-27(26)31(34(32-29)25-12-5-4-6-13-25)35(33-30(37-31)23(3)36)28-16-10-7-11-22(28)2/h4-20H,1-3H3. The average molecular weight is 503 g/mol. The van der Waals surface area contributed by atoms with Crippen molar-refractivity contribution >= 4 is 39.7 Å². The fourth-order valence-corrected chi connectivity index (χ4v) is 6.14. The van der Waals surface area contributed by atoms with E-state index in [4.69, 9.17) is 10.2 Å². The number of hydrazone groups is 2. The smallest absolute Gasteiger partial charge is 0.234 e. The number of Topliss-reactive ketones (excluding diaryl/α,β-unsaturated/α-hetero) is 1. The summed E-state index contributed by atoms with van der Waals surface area (Å²) in [5, 5.41) is 14.7. The van der Waals surface area contributed by atoms with Crippen LogP contribution < -0.4 is 10.0 Å². The molecule has 4 aromatic rings. The number of fused-ring (bicyclic) bond motifs is 2. The van der Waals surface area contributed by atoms with E-state index in [9.17, 15) is 4.79 Å². The van der Waals surface area contributed by atoms with Gasteiger partial charge < -0.3 is 0 Å². The van der Waals surface area contributed by atoms with Gasteiger partial charge in [0.15, 0.2) is 10.8 Å². The van der Waals surface area contributed by atoms with Crippen molar-refractivity contribution in [2.24, 2.45) is 10.2 Å². The second-order valence-electron chi connectivity index (χ2n) is 9.28. The van der Waals surface area contributed by atoms with E-state index in [2.05, 4.69) is 62.4 Å². The summed E-state index contributed by atoms with van der Waals surface area (Å²) in [4.78, 5) is 11.8. The Balaban J connectivity index is 1.68. The zero-order valence-electron chi connectivity index (χ0n) is 20.9. The number of anilines is 2. The second-order valence-corrected chi connectivity index (χ2v) is 10.4. The molecular formula is C31H26N4OS. The van der Waals surface area contributed by atoms with Gasteiger partial charge >= 0.3 is 0 Å². The molecule has 1 unspecified atom stereocenters. The molecule has 0 bridgehead atoms. The Hall–Kier alpha value is -4.16. The molecule has 2 heterocycles. The molecule has 182 valence electrons. The van der Waals surface area contributed by atoms with E-state index in [0.29, 0.717) is 5.04 Å². The summed E-state index contributed by atoms with van der Waals surface area (Å²) < 4.78 is 0. The molecule has 4 aromatic carbocycles. The van der Waals surface area contributed by atoms with Crippen molar-refractivity contribution in [1.82, 2.24) is 0 Å². The van der Waals surface area contributed by atoms with Crippen LogP contribution in [0.15, 0.2) is 113 Å². The minimum absolute atomic E-state index is 0.0701. The number of hydrogen-bond acceptors (Lipinski definition) is 6. The quantitative estimate of drug-likeness (QED) is 0.306. The highest BCUT2D eigenvalue weighted by Gasteiger charge is 2.56. The maximum absolute atomic E-state index is 12.8. The molecule has 0 fully saturated rings. The highest BCUT2D eigenvalue weighted by molar-refractivity contribution is 8.17. The largest absolute Gasteiger partial charge is 0.292 e. The van der Waals surface area contributed by atoms with E-state index < -0.39 is 4.99 Å². The van der Waals surface area contributed by atoms with E-state index in [-0.39, 0.29) is 5.78 Å². The van der Waals surface area contributed by atoms with E-state index in [1.165, 1.54) is 17.3 Å². The fraction of sp³-hybridized carbons (Fsp3) is 0.129. The summed E-state index contributed by atoms with van der Waals surface area (Å²) in [6, 6.07) is 35.0. The van der Waals surface area contributed by atoms with Crippen LogP contribution in [0.5, 0.6) is 0 Å². The molecule has 0 aliphatic carbocycles. The molecular weight excluding hydrogens is 476 g/mol. The first-order valence-corrected chi connectivity index (χ1v) is 13.1. The first-order chi connectivity index (χ1) is 18.0. The fourth-order valence-electron chi connectivity index (χ4n) is 4.86. The maximum Gasteiger partial charge on any atom is 0.234 e. The molecule has 6 heteroatoms. The third-order valence-corrected chi connectivity index (χ3v) is 8.12. The maximum atomic E-state index is 12.8. The summed E-state index contributed by atoms with van der Waals surface area (Å²) in [6.45, 7) is 5.72. The lowest BCUT2D eigenvalue weighted by atomic mass is 9.93. The lowest BCUT2D eigenvalue weighted by Gasteiger charge is -2.47. The number of carbonyl (C=O) groups is 1. The summed E-state index contributed by atoms with van der Waals surface area (Å²) in [7, 11) is 0. The number of ketones is 1. The zero-order valence-corrected chi connectivity index (χ0v) is 21.7. The van der Waals surface area contributed by atoms with Crippen LogP contribution in [0.1, 0.15) is 34.7 Å². The summed E-state index contributed by atoms with van der Waals surface area (Å²) >= 11 is 1.44. The summed E-state index contributed by atoms with van der Waals surface area (Å²) in [5.74, 6) is -0.0701. The number of aryl methyl sites for hydroxylation is 2. The molecule has 0 saturated carbocycles. The van der Waals surface area contributed by atoms with Gasteiger partial charge in [-0.3, -0.25) is 4.79 Å². The van der Waals surface area contributed by atoms with Crippen LogP contribution >= 0.6 is 11.8 Å². The van der Waals surface area contributed by atoms with Gasteiger partial charge in [0.1, 0.15) is 0 Å². The van der Waals surface area contributed by atoms with Crippen LogP contribution in [-0.2, 0) is 9.79 Å². The molecule has 0 radical (unpaired) electrons. The molecule has 2 aliphatic heterocycles. The number of para-hydroxylation sites is 2. The minimum atomic E-state index is -0.931. The van der Waals surface area contributed by atoms with Gasteiger partial charge in [0.05, 0.1) is 17.1 Å². The Morgan fingerprint density at radius 2 is 1.43 bits per heavy atom. The van der Waals surface area contributed by atoms with Crippen LogP contribution in [0.4, 0.5) is 11.4 Å². The summed E-state index contributed by atoms with van der Waals surface area (Å²) in [5.41, 5.74) is 8.06. The Morgan fingerprint density at radius 1 is 0.757 bits per heavy atom. The van der Waals surface area contributed by atoms with Gasteiger partial charge in [0.2, 0.25) is 4.99 Å². The molecule has 0 N–H and O–H groups in total. The molecule has 6 rings (SSSR count). The van der Waals surface area contributed by atoms with Gasteiger partial charge in [-0.05, 0) is 49.4 Å². The third kappa shape index (κ3) is 3.76. The van der Waals surface area contributed by atoms with Crippen molar-refractivity contribution in [3.8, 4) is 0 Å². The molecule has 2 aliphatic rings. The van der Waals surface area contributed by atoms with Crippen molar-refractivity contribution < 1.29 is 4.79 Å². The Labute approximate surface area is 221 Å². The van der Waals surface area contributed by atoms with Gasteiger partial charge in [-0.2, -0.15) is 10.2 Å². The van der Waals surface area contributed by atoms with Gasteiger partial charge in [-0.15, -0.1) is 0 Å². The molecule has 1 atom stereocenters. The first kappa shape index (κ1) is 23.3. The normalized spacial score (nSPS) is 18.5. The second kappa shape index (κ2) is 9.05. The predicted molar refractivity (Wildman–Crippen MR) is 153 cm³/mol. The number of thioether (sulfide) groups is 1. The number of carbonyl (C=O) groups excluding carboxylic acids is 1. The Bertz CT molecular complexity index is 1560. The predicted octanol–water partition coefficient (Wildman–Crippen LogP) is 6.84. The van der Waals surface area contributed by atoms with Gasteiger partial charge in [0, 0.05) is 23.6 Å². The van der Waals surface area contributed by atoms with Crippen LogP contribution in [-0.4, -0.2) is 16.5 Å². The molecule has 0 amide bonds. The van der Waals surface area contributed by atoms with Crippen molar-refractivity contribution in [1.29, 1.82) is 0 Å². The van der Waals surface area contributed by atoms with Crippen molar-refractivity contribution in [2.45, 2.75) is 25.8 Å². The van der Waals surface area contributed by atoms with E-state index in [1.807, 2.05) is 64.6 Å². The molecule has 1 spiro atoms. The minimum Gasteiger partial charge on any atom is -0.292 e. The number of hydrogen-bond donors (Lipinski definition) is 0. The Kier molecular flexibility index (Phi) is 5.69. The Morgan fingerprint density at radius 3 is 2.16 bits per heavy atom. The molecule has 37 heavy (non-hydrogen) atoms. The van der Waals surface area contributed by atoms with Crippen molar-refractivity contribution in [3.05, 3.63) is 131 Å². The van der Waals surface area contributed by atoms with Crippen LogP contribution in [0.2, 0.25) is 0 Å². The zero-order chi connectivity index (χ0) is 25.6. The number of nitrogens with zero attached hydrogens (tertiary/aromatic N) is 4. The van der Waals surface area contributed by atoms with E-state index in [1.54, 1.807) is 6.92 Å². The third-order valence-electron chi connectivity index (χ3n) is 6.71.